The van der Waals surface area contributed by atoms with Gasteiger partial charge in [-0.15, -0.1) is 0 Å². The Morgan fingerprint density at radius 3 is 2.32 bits per heavy atom. The molecule has 3 aromatic rings. The van der Waals surface area contributed by atoms with Crippen molar-refractivity contribution in [3.05, 3.63) is 94.0 Å². The molecule has 0 aliphatic rings. The van der Waals surface area contributed by atoms with Crippen molar-refractivity contribution >= 4 is 38.9 Å². The van der Waals surface area contributed by atoms with Crippen molar-refractivity contribution in [2.24, 2.45) is 0 Å². The zero-order chi connectivity index (χ0) is 22.3. The van der Waals surface area contributed by atoms with E-state index in [0.717, 1.165) is 0 Å². The molecule has 5 nitrogen and oxygen atoms in total. The third-order valence-corrected chi connectivity index (χ3v) is 6.67. The summed E-state index contributed by atoms with van der Waals surface area (Å²) in [7, 11) is -3.43. The summed E-state index contributed by atoms with van der Waals surface area (Å²) in [6, 6.07) is 19.8. The summed E-state index contributed by atoms with van der Waals surface area (Å²) in [5, 5.41) is 3.78. The summed E-state index contributed by atoms with van der Waals surface area (Å²) in [5.41, 5.74) is 1.08. The van der Waals surface area contributed by atoms with Gasteiger partial charge < -0.3 is 10.1 Å². The van der Waals surface area contributed by atoms with Crippen LogP contribution in [0, 0.1) is 0 Å². The van der Waals surface area contributed by atoms with Crippen LogP contribution in [0.4, 0.5) is 0 Å². The first-order valence-corrected chi connectivity index (χ1v) is 12.0. The Hall–Kier alpha value is -2.54. The van der Waals surface area contributed by atoms with E-state index in [1.165, 1.54) is 0 Å². The lowest BCUT2D eigenvalue weighted by Crippen LogP contribution is -2.25. The number of hydrogen-bond acceptors (Lipinski definition) is 4. The molecule has 0 radical (unpaired) electrons. The summed E-state index contributed by atoms with van der Waals surface area (Å²) in [5.74, 6) is 0.184. The van der Waals surface area contributed by atoms with Crippen LogP contribution >= 0.6 is 23.2 Å². The van der Waals surface area contributed by atoms with E-state index in [2.05, 4.69) is 5.32 Å². The Morgan fingerprint density at radius 2 is 1.65 bits per heavy atom. The van der Waals surface area contributed by atoms with E-state index in [1.54, 1.807) is 72.8 Å². The quantitative estimate of drug-likeness (QED) is 0.431. The topological polar surface area (TPSA) is 72.5 Å². The molecule has 0 atom stereocenters. The Kier molecular flexibility index (Phi) is 7.96. The number of sulfone groups is 1. The van der Waals surface area contributed by atoms with Crippen molar-refractivity contribution in [2.45, 2.75) is 17.1 Å². The van der Waals surface area contributed by atoms with Gasteiger partial charge in [-0.05, 0) is 54.4 Å². The maximum absolute atomic E-state index is 12.5. The molecule has 8 heteroatoms. The van der Waals surface area contributed by atoms with Crippen molar-refractivity contribution in [1.29, 1.82) is 0 Å². The summed E-state index contributed by atoms with van der Waals surface area (Å²) in [4.78, 5) is 12.6. The van der Waals surface area contributed by atoms with Gasteiger partial charge in [0.1, 0.15) is 5.75 Å². The minimum absolute atomic E-state index is 0.122. The average molecular weight is 478 g/mol. The predicted octanol–water partition coefficient (Wildman–Crippen LogP) is 5.17. The number of benzene rings is 3. The standard InChI is InChI=1S/C23H21Cl2NO4S/c24-19-11-12-22(21(25)15-19)30-14-4-13-26-23(27)18-9-7-17(8-10-18)16-31(28,29)20-5-2-1-3-6-20/h1-3,5-12,15H,4,13-14,16H2,(H,26,27). The fraction of sp³-hybridized carbons (Fsp3) is 0.174. The van der Waals surface area contributed by atoms with Crippen LogP contribution in [-0.4, -0.2) is 27.5 Å². The highest BCUT2D eigenvalue weighted by Gasteiger charge is 2.15. The van der Waals surface area contributed by atoms with Gasteiger partial charge in [0.15, 0.2) is 9.84 Å². The maximum Gasteiger partial charge on any atom is 0.251 e. The van der Waals surface area contributed by atoms with Crippen LogP contribution < -0.4 is 10.1 Å². The van der Waals surface area contributed by atoms with Crippen LogP contribution in [-0.2, 0) is 15.6 Å². The van der Waals surface area contributed by atoms with Gasteiger partial charge in [0.05, 0.1) is 22.3 Å². The van der Waals surface area contributed by atoms with Gasteiger partial charge in [-0.2, -0.15) is 0 Å². The van der Waals surface area contributed by atoms with Gasteiger partial charge in [0.2, 0.25) is 0 Å². The molecule has 0 saturated carbocycles. The normalized spacial score (nSPS) is 11.2. The highest BCUT2D eigenvalue weighted by Crippen LogP contribution is 2.27. The minimum atomic E-state index is -3.43. The second-order valence-electron chi connectivity index (χ2n) is 6.80. The lowest BCUT2D eigenvalue weighted by molar-refractivity contribution is 0.0951. The Morgan fingerprint density at radius 1 is 0.935 bits per heavy atom. The van der Waals surface area contributed by atoms with Crippen molar-refractivity contribution < 1.29 is 17.9 Å². The van der Waals surface area contributed by atoms with Crippen LogP contribution in [0.5, 0.6) is 5.75 Å². The molecule has 0 unspecified atom stereocenters. The Balaban J connectivity index is 1.46. The first-order chi connectivity index (χ1) is 14.8. The number of hydrogen-bond donors (Lipinski definition) is 1. The second kappa shape index (κ2) is 10.7. The number of halogens is 2. The van der Waals surface area contributed by atoms with E-state index in [9.17, 15) is 13.2 Å². The molecule has 0 fully saturated rings. The molecule has 0 bridgehead atoms. The number of ether oxygens (including phenoxy) is 1. The molecule has 31 heavy (non-hydrogen) atoms. The highest BCUT2D eigenvalue weighted by molar-refractivity contribution is 7.90. The van der Waals surface area contributed by atoms with Crippen LogP contribution in [0.1, 0.15) is 22.3 Å². The van der Waals surface area contributed by atoms with Crippen molar-refractivity contribution in [3.63, 3.8) is 0 Å². The van der Waals surface area contributed by atoms with Crippen LogP contribution in [0.2, 0.25) is 10.0 Å². The van der Waals surface area contributed by atoms with Gasteiger partial charge in [-0.3, -0.25) is 4.79 Å². The monoisotopic (exact) mass is 477 g/mol. The van der Waals surface area contributed by atoms with Crippen molar-refractivity contribution in [1.82, 2.24) is 5.32 Å². The molecule has 0 aliphatic heterocycles. The first kappa shape index (κ1) is 23.1. The summed E-state index contributed by atoms with van der Waals surface area (Å²) < 4.78 is 30.5. The van der Waals surface area contributed by atoms with Gasteiger partial charge in [-0.25, -0.2) is 8.42 Å². The number of amides is 1. The molecule has 3 rings (SSSR count). The summed E-state index contributed by atoms with van der Waals surface area (Å²) >= 11 is 11.9. The van der Waals surface area contributed by atoms with E-state index in [4.69, 9.17) is 27.9 Å². The van der Waals surface area contributed by atoms with E-state index in [0.29, 0.717) is 46.5 Å². The fourth-order valence-electron chi connectivity index (χ4n) is 2.83. The molecule has 0 aromatic heterocycles. The highest BCUT2D eigenvalue weighted by atomic mass is 35.5. The van der Waals surface area contributed by atoms with E-state index < -0.39 is 9.84 Å². The van der Waals surface area contributed by atoms with Gasteiger partial charge in [0, 0.05) is 17.1 Å². The Bertz CT molecular complexity index is 1130. The second-order valence-corrected chi connectivity index (χ2v) is 9.63. The van der Waals surface area contributed by atoms with Crippen molar-refractivity contribution in [3.8, 4) is 5.75 Å². The Labute approximate surface area is 191 Å². The van der Waals surface area contributed by atoms with Crippen molar-refractivity contribution in [2.75, 3.05) is 13.2 Å². The predicted molar refractivity (Wildman–Crippen MR) is 123 cm³/mol. The van der Waals surface area contributed by atoms with E-state index in [-0.39, 0.29) is 16.6 Å². The maximum atomic E-state index is 12.5. The molecule has 1 N–H and O–H groups in total. The number of carbonyl (C=O) groups is 1. The summed E-state index contributed by atoms with van der Waals surface area (Å²) in [6.45, 7) is 0.812. The molecule has 0 heterocycles. The zero-order valence-electron chi connectivity index (χ0n) is 16.6. The van der Waals surface area contributed by atoms with E-state index in [1.807, 2.05) is 0 Å². The van der Waals surface area contributed by atoms with Gasteiger partial charge in [0.25, 0.3) is 5.91 Å². The third-order valence-electron chi connectivity index (χ3n) is 4.43. The number of carbonyl (C=O) groups excluding carboxylic acids is 1. The van der Waals surface area contributed by atoms with Crippen LogP contribution in [0.15, 0.2) is 77.7 Å². The zero-order valence-corrected chi connectivity index (χ0v) is 18.9. The molecular formula is C23H21Cl2NO4S. The molecule has 0 spiro atoms. The van der Waals surface area contributed by atoms with Crippen LogP contribution in [0.3, 0.4) is 0 Å². The van der Waals surface area contributed by atoms with E-state index >= 15 is 0 Å². The average Bonchev–Trinajstić information content (AvgIpc) is 2.75. The molecule has 0 saturated heterocycles. The van der Waals surface area contributed by atoms with Crippen LogP contribution in [0.25, 0.3) is 0 Å². The minimum Gasteiger partial charge on any atom is -0.492 e. The molecular weight excluding hydrogens is 457 g/mol. The lowest BCUT2D eigenvalue weighted by Gasteiger charge is -2.09. The summed E-state index contributed by atoms with van der Waals surface area (Å²) in [6.07, 6.45) is 0.595. The third kappa shape index (κ3) is 6.72. The number of nitrogens with one attached hydrogen (secondary N) is 1. The first-order valence-electron chi connectivity index (χ1n) is 9.58. The SMILES string of the molecule is O=C(NCCCOc1ccc(Cl)cc1Cl)c1ccc(CS(=O)(=O)c2ccccc2)cc1. The molecule has 1 amide bonds. The molecule has 3 aromatic carbocycles. The lowest BCUT2D eigenvalue weighted by atomic mass is 10.1. The molecule has 0 aliphatic carbocycles. The number of rotatable bonds is 9. The van der Waals surface area contributed by atoms with Gasteiger partial charge in [-0.1, -0.05) is 53.5 Å². The molecule has 162 valence electrons. The fourth-order valence-corrected chi connectivity index (χ4v) is 4.67. The largest absolute Gasteiger partial charge is 0.492 e. The smallest absolute Gasteiger partial charge is 0.251 e. The van der Waals surface area contributed by atoms with Gasteiger partial charge >= 0.3 is 0 Å².